The average molecular weight is 289 g/mol. The number of hydrogen-bond acceptors (Lipinski definition) is 2. The molecule has 0 bridgehead atoms. The molecule has 1 heterocycles. The Morgan fingerprint density at radius 2 is 1.74 bits per heavy atom. The number of aryl methyl sites for hydroxylation is 2. The fraction of sp³-hybridized carbons (Fsp3) is 0.700. The van der Waals surface area contributed by atoms with E-state index in [1.54, 1.807) is 13.2 Å². The highest BCUT2D eigenvalue weighted by atomic mass is 19.4. The average Bonchev–Trinajstić information content (AvgIpc) is 2.56. The molecule has 0 aliphatic carbocycles. The molecule has 0 aliphatic rings. The number of rotatable bonds is 4. The smallest absolute Gasteiger partial charge is 0.338 e. The number of alkyl halides is 6. The van der Waals surface area contributed by atoms with Crippen molar-refractivity contribution in [2.75, 3.05) is 0 Å². The first-order valence-corrected chi connectivity index (χ1v) is 5.38. The molecule has 0 saturated carbocycles. The van der Waals surface area contributed by atoms with Crippen molar-refractivity contribution in [3.63, 3.8) is 0 Å². The predicted octanol–water partition coefficient (Wildman–Crippen LogP) is 2.42. The highest BCUT2D eigenvalue weighted by molar-refractivity contribution is 4.94. The summed E-state index contributed by atoms with van der Waals surface area (Å²) in [7, 11) is 1.60. The summed E-state index contributed by atoms with van der Waals surface area (Å²) < 4.78 is 75.9. The molecular formula is C10H13F6N3. The number of imidazole rings is 1. The second kappa shape index (κ2) is 5.40. The van der Waals surface area contributed by atoms with Crippen molar-refractivity contribution in [2.24, 2.45) is 18.7 Å². The first-order valence-electron chi connectivity index (χ1n) is 5.38. The van der Waals surface area contributed by atoms with E-state index in [2.05, 4.69) is 4.98 Å². The summed E-state index contributed by atoms with van der Waals surface area (Å²) in [4.78, 5) is 3.82. The van der Waals surface area contributed by atoms with Crippen LogP contribution < -0.4 is 5.73 Å². The highest BCUT2D eigenvalue weighted by Crippen LogP contribution is 2.41. The molecule has 19 heavy (non-hydrogen) atoms. The van der Waals surface area contributed by atoms with Crippen LogP contribution in [0.3, 0.4) is 0 Å². The maximum absolute atomic E-state index is 12.4. The van der Waals surface area contributed by atoms with Crippen LogP contribution >= 0.6 is 0 Å². The number of aromatic nitrogens is 2. The van der Waals surface area contributed by atoms with E-state index >= 15 is 0 Å². The van der Waals surface area contributed by atoms with Gasteiger partial charge in [0.1, 0.15) is 5.82 Å². The number of hydrogen-bond donors (Lipinski definition) is 1. The summed E-state index contributed by atoms with van der Waals surface area (Å²) in [5.74, 6) is -3.13. The van der Waals surface area contributed by atoms with Crippen molar-refractivity contribution in [3.05, 3.63) is 18.2 Å². The van der Waals surface area contributed by atoms with Crippen LogP contribution in [-0.4, -0.2) is 27.9 Å². The Morgan fingerprint density at radius 3 is 2.11 bits per heavy atom. The van der Waals surface area contributed by atoms with Crippen LogP contribution in [0.25, 0.3) is 0 Å². The van der Waals surface area contributed by atoms with Gasteiger partial charge in [-0.05, 0) is 6.42 Å². The zero-order valence-electron chi connectivity index (χ0n) is 9.96. The van der Waals surface area contributed by atoms with E-state index in [1.165, 1.54) is 10.8 Å². The lowest BCUT2D eigenvalue weighted by Crippen LogP contribution is -2.49. The van der Waals surface area contributed by atoms with E-state index in [1.807, 2.05) is 0 Å². The maximum Gasteiger partial charge on any atom is 0.401 e. The van der Waals surface area contributed by atoms with Gasteiger partial charge in [0.2, 0.25) is 0 Å². The van der Waals surface area contributed by atoms with E-state index in [9.17, 15) is 26.3 Å². The van der Waals surface area contributed by atoms with Gasteiger partial charge in [-0.1, -0.05) is 0 Å². The molecule has 1 rings (SSSR count). The molecule has 0 aliphatic heterocycles. The van der Waals surface area contributed by atoms with Gasteiger partial charge in [-0.15, -0.1) is 0 Å². The number of nitrogens with zero attached hydrogens (tertiary/aromatic N) is 2. The van der Waals surface area contributed by atoms with E-state index in [0.717, 1.165) is 0 Å². The van der Waals surface area contributed by atoms with Crippen molar-refractivity contribution in [3.8, 4) is 0 Å². The lowest BCUT2D eigenvalue weighted by molar-refractivity contribution is -0.289. The quantitative estimate of drug-likeness (QED) is 0.865. The van der Waals surface area contributed by atoms with Crippen molar-refractivity contribution in [1.82, 2.24) is 9.55 Å². The third-order valence-electron chi connectivity index (χ3n) is 2.76. The number of halogens is 6. The summed E-state index contributed by atoms with van der Waals surface area (Å²) in [6.07, 6.45) is -8.35. The van der Waals surface area contributed by atoms with Gasteiger partial charge in [0.25, 0.3) is 0 Å². The second-order valence-electron chi connectivity index (χ2n) is 4.22. The lowest BCUT2D eigenvalue weighted by Gasteiger charge is -2.28. The van der Waals surface area contributed by atoms with Gasteiger partial charge in [-0.25, -0.2) is 4.98 Å². The highest BCUT2D eigenvalue weighted by Gasteiger charge is 2.59. The Hall–Kier alpha value is -1.25. The summed E-state index contributed by atoms with van der Waals surface area (Å²) in [6, 6.07) is -2.04. The van der Waals surface area contributed by atoms with Gasteiger partial charge in [0.05, 0.1) is 0 Å². The van der Waals surface area contributed by atoms with Crippen LogP contribution in [0.15, 0.2) is 12.4 Å². The Labute approximate surface area is 105 Å². The summed E-state index contributed by atoms with van der Waals surface area (Å²) in [6.45, 7) is 0. The van der Waals surface area contributed by atoms with E-state index in [0.29, 0.717) is 5.82 Å². The minimum absolute atomic E-state index is 0.0483. The SMILES string of the molecule is Cn1ccnc1CCC(N)C(C(F)(F)F)C(F)(F)F. The lowest BCUT2D eigenvalue weighted by atomic mass is 9.95. The third-order valence-corrected chi connectivity index (χ3v) is 2.76. The van der Waals surface area contributed by atoms with Gasteiger partial charge in [0.15, 0.2) is 5.92 Å². The molecule has 9 heteroatoms. The zero-order chi connectivity index (χ0) is 14.8. The van der Waals surface area contributed by atoms with Crippen LogP contribution in [-0.2, 0) is 13.5 Å². The molecule has 1 unspecified atom stereocenters. The molecule has 1 atom stereocenters. The van der Waals surface area contributed by atoms with Gasteiger partial charge in [-0.2, -0.15) is 26.3 Å². The molecule has 2 N–H and O–H groups in total. The first-order chi connectivity index (χ1) is 8.53. The van der Waals surface area contributed by atoms with E-state index in [-0.39, 0.29) is 6.42 Å². The molecule has 1 aromatic rings. The molecule has 0 saturated heterocycles. The van der Waals surface area contributed by atoms with Crippen molar-refractivity contribution in [1.29, 1.82) is 0 Å². The van der Waals surface area contributed by atoms with Crippen LogP contribution in [0.4, 0.5) is 26.3 Å². The third kappa shape index (κ3) is 4.12. The second-order valence-corrected chi connectivity index (χ2v) is 4.22. The summed E-state index contributed by atoms with van der Waals surface area (Å²) in [5.41, 5.74) is 5.08. The summed E-state index contributed by atoms with van der Waals surface area (Å²) in [5, 5.41) is 0. The topological polar surface area (TPSA) is 43.8 Å². The fourth-order valence-electron chi connectivity index (χ4n) is 1.77. The van der Waals surface area contributed by atoms with Gasteiger partial charge in [-0.3, -0.25) is 0 Å². The maximum atomic E-state index is 12.4. The predicted molar refractivity (Wildman–Crippen MR) is 55.1 cm³/mol. The van der Waals surface area contributed by atoms with Crippen molar-refractivity contribution in [2.45, 2.75) is 31.2 Å². The monoisotopic (exact) mass is 289 g/mol. The summed E-state index contributed by atoms with van der Waals surface area (Å²) >= 11 is 0. The molecule has 0 radical (unpaired) electrons. The molecule has 0 spiro atoms. The first kappa shape index (κ1) is 15.8. The Kier molecular flexibility index (Phi) is 4.49. The Bertz CT molecular complexity index is 394. The van der Waals surface area contributed by atoms with Gasteiger partial charge < -0.3 is 10.3 Å². The fourth-order valence-corrected chi connectivity index (χ4v) is 1.77. The molecule has 110 valence electrons. The molecule has 1 aromatic heterocycles. The largest absolute Gasteiger partial charge is 0.401 e. The van der Waals surface area contributed by atoms with Gasteiger partial charge >= 0.3 is 12.4 Å². The molecular weight excluding hydrogens is 276 g/mol. The van der Waals surface area contributed by atoms with E-state index < -0.39 is 30.7 Å². The van der Waals surface area contributed by atoms with Crippen LogP contribution in [0.5, 0.6) is 0 Å². The van der Waals surface area contributed by atoms with E-state index in [4.69, 9.17) is 5.73 Å². The van der Waals surface area contributed by atoms with Crippen molar-refractivity contribution < 1.29 is 26.3 Å². The Balaban J connectivity index is 2.74. The standard InChI is InChI=1S/C10H13F6N3/c1-19-5-4-18-7(19)3-2-6(17)8(9(11,12)13)10(14,15)16/h4-6,8H,2-3,17H2,1H3. The molecule has 3 nitrogen and oxygen atoms in total. The molecule has 0 fully saturated rings. The Morgan fingerprint density at radius 1 is 1.21 bits per heavy atom. The minimum Gasteiger partial charge on any atom is -0.338 e. The minimum atomic E-state index is -5.40. The van der Waals surface area contributed by atoms with Crippen LogP contribution in [0, 0.1) is 5.92 Å². The number of nitrogens with two attached hydrogens (primary N) is 1. The van der Waals surface area contributed by atoms with Crippen LogP contribution in [0.1, 0.15) is 12.2 Å². The van der Waals surface area contributed by atoms with Crippen molar-refractivity contribution >= 4 is 0 Å². The van der Waals surface area contributed by atoms with Gasteiger partial charge in [0, 0.05) is 31.9 Å². The molecule has 0 amide bonds. The van der Waals surface area contributed by atoms with Crippen LogP contribution in [0.2, 0.25) is 0 Å². The normalized spacial score (nSPS) is 15.0. The zero-order valence-corrected chi connectivity index (χ0v) is 9.96. The molecule has 0 aromatic carbocycles.